The molecule has 2 aliphatic heterocycles. The zero-order chi connectivity index (χ0) is 19.8. The maximum atomic E-state index is 12.3. The van der Waals surface area contributed by atoms with E-state index >= 15 is 0 Å². The van der Waals surface area contributed by atoms with Gasteiger partial charge in [0.05, 0.1) is 0 Å². The number of amides is 1. The predicted molar refractivity (Wildman–Crippen MR) is 111 cm³/mol. The highest BCUT2D eigenvalue weighted by atomic mass is 35.5. The van der Waals surface area contributed by atoms with Crippen molar-refractivity contribution in [1.82, 2.24) is 20.4 Å². The number of halogens is 1. The molecular formula is C20H27ClN6O. The molecule has 0 unspecified atom stereocenters. The van der Waals surface area contributed by atoms with Crippen molar-refractivity contribution in [3.8, 4) is 6.07 Å². The smallest absolute Gasteiger partial charge is 0.263 e. The molecule has 1 aromatic rings. The molecule has 0 atom stereocenters. The fraction of sp³-hybridized carbons (Fsp3) is 0.500. The summed E-state index contributed by atoms with van der Waals surface area (Å²) < 4.78 is 0. The Morgan fingerprint density at radius 1 is 1.21 bits per heavy atom. The number of anilines is 1. The summed E-state index contributed by atoms with van der Waals surface area (Å²) in [6.45, 7) is 8.47. The first-order valence-corrected chi connectivity index (χ1v) is 10.1. The van der Waals surface area contributed by atoms with E-state index in [0.717, 1.165) is 69.6 Å². The average Bonchev–Trinajstić information content (AvgIpc) is 2.73. The zero-order valence-electron chi connectivity index (χ0n) is 16.0. The van der Waals surface area contributed by atoms with Crippen LogP contribution in [0.25, 0.3) is 0 Å². The van der Waals surface area contributed by atoms with Crippen molar-refractivity contribution in [2.75, 3.05) is 70.3 Å². The minimum Gasteiger partial charge on any atom is -0.373 e. The van der Waals surface area contributed by atoms with Gasteiger partial charge in [0.15, 0.2) is 0 Å². The van der Waals surface area contributed by atoms with E-state index in [2.05, 4.69) is 20.4 Å². The van der Waals surface area contributed by atoms with E-state index in [1.54, 1.807) is 6.20 Å². The van der Waals surface area contributed by atoms with Crippen LogP contribution in [0.5, 0.6) is 0 Å². The lowest BCUT2D eigenvalue weighted by Crippen LogP contribution is -2.46. The Kier molecular flexibility index (Phi) is 7.54. The van der Waals surface area contributed by atoms with Gasteiger partial charge < -0.3 is 20.4 Å². The molecule has 0 aliphatic carbocycles. The third kappa shape index (κ3) is 5.86. The van der Waals surface area contributed by atoms with E-state index in [1.165, 1.54) is 0 Å². The quantitative estimate of drug-likeness (QED) is 0.544. The second-order valence-electron chi connectivity index (χ2n) is 7.01. The van der Waals surface area contributed by atoms with Crippen LogP contribution in [0.1, 0.15) is 0 Å². The van der Waals surface area contributed by atoms with E-state index in [1.807, 2.05) is 35.2 Å². The molecule has 1 amide bonds. The van der Waals surface area contributed by atoms with Crippen LogP contribution in [0, 0.1) is 11.3 Å². The van der Waals surface area contributed by atoms with Gasteiger partial charge in [-0.3, -0.25) is 9.69 Å². The molecule has 150 valence electrons. The molecule has 2 heterocycles. The molecule has 8 heteroatoms. The van der Waals surface area contributed by atoms with E-state index < -0.39 is 0 Å². The summed E-state index contributed by atoms with van der Waals surface area (Å²) in [5.74, 6) is -0.296. The molecule has 3 rings (SSSR count). The van der Waals surface area contributed by atoms with Gasteiger partial charge in [0.25, 0.3) is 5.91 Å². The third-order valence-electron chi connectivity index (χ3n) is 5.09. The largest absolute Gasteiger partial charge is 0.373 e. The molecule has 0 spiro atoms. The highest BCUT2D eigenvalue weighted by Crippen LogP contribution is 2.21. The number of carbonyl (C=O) groups is 1. The standard InChI is InChI=1S/C20H27ClN6O/c21-18-2-1-3-19(14-18)27-12-10-26(11-13-27)16-17(15-22)20(28)24-6-9-25-7-4-23-5-8-25/h1-3,14,16,23H,4-13H2,(H,24,28)/b17-16-. The van der Waals surface area contributed by atoms with Crippen LogP contribution in [0.15, 0.2) is 36.0 Å². The van der Waals surface area contributed by atoms with Crippen molar-refractivity contribution in [3.63, 3.8) is 0 Å². The van der Waals surface area contributed by atoms with Gasteiger partial charge in [-0.1, -0.05) is 17.7 Å². The Bertz CT molecular complexity index is 732. The normalized spacial score (nSPS) is 18.6. The molecule has 0 saturated carbocycles. The van der Waals surface area contributed by atoms with E-state index in [4.69, 9.17) is 11.6 Å². The van der Waals surface area contributed by atoms with E-state index in [0.29, 0.717) is 6.54 Å². The van der Waals surface area contributed by atoms with Crippen LogP contribution >= 0.6 is 11.6 Å². The molecule has 2 fully saturated rings. The number of nitrogens with one attached hydrogen (secondary N) is 2. The number of hydrogen-bond donors (Lipinski definition) is 2. The van der Waals surface area contributed by atoms with Gasteiger partial charge in [-0.25, -0.2) is 0 Å². The van der Waals surface area contributed by atoms with E-state index in [9.17, 15) is 10.1 Å². The average molecular weight is 403 g/mol. The maximum Gasteiger partial charge on any atom is 0.263 e. The molecule has 2 N–H and O–H groups in total. The second kappa shape index (κ2) is 10.3. The fourth-order valence-electron chi connectivity index (χ4n) is 3.46. The predicted octanol–water partition coefficient (Wildman–Crippen LogP) is 0.891. The number of nitrogens with zero attached hydrogens (tertiary/aromatic N) is 4. The first kappa shape index (κ1) is 20.5. The van der Waals surface area contributed by atoms with Crippen molar-refractivity contribution < 1.29 is 4.79 Å². The Morgan fingerprint density at radius 2 is 1.96 bits per heavy atom. The van der Waals surface area contributed by atoms with Gasteiger partial charge in [-0.05, 0) is 18.2 Å². The van der Waals surface area contributed by atoms with Gasteiger partial charge in [0.1, 0.15) is 11.6 Å². The van der Waals surface area contributed by atoms with Crippen molar-refractivity contribution >= 4 is 23.2 Å². The Balaban J connectivity index is 1.46. The number of nitriles is 1. The van der Waals surface area contributed by atoms with Crippen LogP contribution in [0.2, 0.25) is 5.02 Å². The summed E-state index contributed by atoms with van der Waals surface area (Å²) in [4.78, 5) is 18.9. The number of hydrogen-bond acceptors (Lipinski definition) is 6. The van der Waals surface area contributed by atoms with Crippen LogP contribution < -0.4 is 15.5 Å². The van der Waals surface area contributed by atoms with Crippen LogP contribution in [-0.4, -0.2) is 81.2 Å². The van der Waals surface area contributed by atoms with Gasteiger partial charge in [-0.2, -0.15) is 5.26 Å². The van der Waals surface area contributed by atoms with E-state index in [-0.39, 0.29) is 11.5 Å². The molecule has 2 aliphatic rings. The van der Waals surface area contributed by atoms with Gasteiger partial charge in [0.2, 0.25) is 0 Å². The summed E-state index contributed by atoms with van der Waals surface area (Å²) in [6.07, 6.45) is 1.69. The minimum atomic E-state index is -0.296. The summed E-state index contributed by atoms with van der Waals surface area (Å²) in [7, 11) is 0. The molecular weight excluding hydrogens is 376 g/mol. The van der Waals surface area contributed by atoms with Crippen LogP contribution in [0.3, 0.4) is 0 Å². The molecule has 0 radical (unpaired) electrons. The number of rotatable bonds is 6. The molecule has 1 aromatic carbocycles. The Labute approximate surface area is 171 Å². The SMILES string of the molecule is N#C/C(=C/N1CCN(c2cccc(Cl)c2)CC1)C(=O)NCCN1CCNCC1. The maximum absolute atomic E-state index is 12.3. The van der Waals surface area contributed by atoms with Gasteiger partial charge in [0, 0.05) is 82.4 Å². The molecule has 0 aromatic heterocycles. The monoisotopic (exact) mass is 402 g/mol. The zero-order valence-corrected chi connectivity index (χ0v) is 16.8. The lowest BCUT2D eigenvalue weighted by Gasteiger charge is -2.35. The Hall–Kier alpha value is -2.27. The summed E-state index contributed by atoms with van der Waals surface area (Å²) >= 11 is 6.07. The van der Waals surface area contributed by atoms with Crippen LogP contribution in [0.4, 0.5) is 5.69 Å². The van der Waals surface area contributed by atoms with Crippen molar-refractivity contribution in [1.29, 1.82) is 5.26 Å². The second-order valence-corrected chi connectivity index (χ2v) is 7.44. The van der Waals surface area contributed by atoms with Gasteiger partial charge in [-0.15, -0.1) is 0 Å². The van der Waals surface area contributed by atoms with Crippen LogP contribution in [-0.2, 0) is 4.79 Å². The number of benzene rings is 1. The lowest BCUT2D eigenvalue weighted by molar-refractivity contribution is -0.117. The highest BCUT2D eigenvalue weighted by Gasteiger charge is 2.18. The van der Waals surface area contributed by atoms with Gasteiger partial charge >= 0.3 is 0 Å². The molecule has 7 nitrogen and oxygen atoms in total. The van der Waals surface area contributed by atoms with Crippen molar-refractivity contribution in [2.45, 2.75) is 0 Å². The van der Waals surface area contributed by atoms with Crippen molar-refractivity contribution in [3.05, 3.63) is 41.1 Å². The topological polar surface area (TPSA) is 74.6 Å². The first-order chi connectivity index (χ1) is 13.7. The Morgan fingerprint density at radius 3 is 2.64 bits per heavy atom. The molecule has 0 bridgehead atoms. The summed E-state index contributed by atoms with van der Waals surface area (Å²) in [5.41, 5.74) is 1.26. The summed E-state index contributed by atoms with van der Waals surface area (Å²) in [5, 5.41) is 16.3. The van der Waals surface area contributed by atoms with Crippen molar-refractivity contribution in [2.24, 2.45) is 0 Å². The highest BCUT2D eigenvalue weighted by molar-refractivity contribution is 6.30. The lowest BCUT2D eigenvalue weighted by atomic mass is 10.2. The summed E-state index contributed by atoms with van der Waals surface area (Å²) in [6, 6.07) is 9.86. The molecule has 2 saturated heterocycles. The molecule has 28 heavy (non-hydrogen) atoms. The minimum absolute atomic E-state index is 0.163. The number of piperazine rings is 2. The first-order valence-electron chi connectivity index (χ1n) is 9.73. The number of carbonyl (C=O) groups excluding carboxylic acids is 1. The fourth-order valence-corrected chi connectivity index (χ4v) is 3.64. The third-order valence-corrected chi connectivity index (χ3v) is 5.32.